The van der Waals surface area contributed by atoms with Gasteiger partial charge in [-0.25, -0.2) is 0 Å². The summed E-state index contributed by atoms with van der Waals surface area (Å²) in [5, 5.41) is 0. The number of unbranched alkanes of at least 4 members (excludes halogenated alkanes) is 2. The maximum atomic E-state index is 2.56. The molecule has 0 spiro atoms. The maximum absolute atomic E-state index is 2.56. The maximum Gasteiger partial charge on any atom is 0.0109 e. The molecule has 98 valence electrons. The molecule has 0 N–H and O–H groups in total. The summed E-state index contributed by atoms with van der Waals surface area (Å²) in [6.45, 7) is 15.2. The molecule has 0 bridgehead atoms. The van der Waals surface area contributed by atoms with E-state index in [1.807, 2.05) is 0 Å². The summed E-state index contributed by atoms with van der Waals surface area (Å²) in [5.41, 5.74) is 0. The van der Waals surface area contributed by atoms with Crippen molar-refractivity contribution in [3.05, 3.63) is 0 Å². The van der Waals surface area contributed by atoms with Crippen LogP contribution in [0.1, 0.15) is 47.0 Å². The molecule has 0 aromatic rings. The van der Waals surface area contributed by atoms with E-state index in [1.165, 1.54) is 52.0 Å². The van der Waals surface area contributed by atoms with Crippen molar-refractivity contribution in [3.8, 4) is 0 Å². The lowest BCUT2D eigenvalue weighted by Crippen LogP contribution is -2.35. The minimum atomic E-state index is 0.783. The SMILES string of the molecule is CCCCCN(C)CCN(CC)CC(C)C. The van der Waals surface area contributed by atoms with Gasteiger partial charge in [-0.05, 0) is 32.5 Å². The van der Waals surface area contributed by atoms with Crippen molar-refractivity contribution >= 4 is 0 Å². The Morgan fingerprint density at radius 2 is 1.62 bits per heavy atom. The van der Waals surface area contributed by atoms with Gasteiger partial charge < -0.3 is 9.80 Å². The molecular weight excluding hydrogens is 196 g/mol. The van der Waals surface area contributed by atoms with E-state index in [4.69, 9.17) is 0 Å². The van der Waals surface area contributed by atoms with E-state index >= 15 is 0 Å². The Labute approximate surface area is 103 Å². The van der Waals surface area contributed by atoms with Crippen molar-refractivity contribution in [3.63, 3.8) is 0 Å². The molecule has 0 amide bonds. The molecule has 2 heteroatoms. The van der Waals surface area contributed by atoms with Gasteiger partial charge in [-0.2, -0.15) is 0 Å². The van der Waals surface area contributed by atoms with Gasteiger partial charge >= 0.3 is 0 Å². The van der Waals surface area contributed by atoms with Crippen LogP contribution in [0.15, 0.2) is 0 Å². The number of rotatable bonds is 10. The summed E-state index contributed by atoms with van der Waals surface area (Å²) in [6, 6.07) is 0. The Balaban J connectivity index is 3.58. The van der Waals surface area contributed by atoms with Crippen LogP contribution in [-0.4, -0.2) is 49.6 Å². The first-order chi connectivity index (χ1) is 7.60. The number of nitrogens with zero attached hydrogens (tertiary/aromatic N) is 2. The van der Waals surface area contributed by atoms with E-state index in [9.17, 15) is 0 Å². The summed E-state index contributed by atoms with van der Waals surface area (Å²) < 4.78 is 0. The summed E-state index contributed by atoms with van der Waals surface area (Å²) in [5.74, 6) is 0.783. The number of hydrogen-bond donors (Lipinski definition) is 0. The molecule has 2 nitrogen and oxygen atoms in total. The molecule has 0 saturated carbocycles. The van der Waals surface area contributed by atoms with Crippen LogP contribution in [0.25, 0.3) is 0 Å². The normalized spacial score (nSPS) is 12.0. The first-order valence-corrected chi connectivity index (χ1v) is 7.01. The van der Waals surface area contributed by atoms with E-state index < -0.39 is 0 Å². The van der Waals surface area contributed by atoms with Crippen LogP contribution in [-0.2, 0) is 0 Å². The molecule has 0 heterocycles. The van der Waals surface area contributed by atoms with Crippen molar-refractivity contribution in [2.24, 2.45) is 5.92 Å². The van der Waals surface area contributed by atoms with Crippen LogP contribution in [0.2, 0.25) is 0 Å². The lowest BCUT2D eigenvalue weighted by Gasteiger charge is -2.25. The lowest BCUT2D eigenvalue weighted by molar-refractivity contribution is 0.213. The summed E-state index contributed by atoms with van der Waals surface area (Å²) in [4.78, 5) is 5.03. The zero-order valence-electron chi connectivity index (χ0n) is 12.1. The van der Waals surface area contributed by atoms with Crippen LogP contribution in [0.5, 0.6) is 0 Å². The molecule has 0 fully saturated rings. The van der Waals surface area contributed by atoms with E-state index in [0.717, 1.165) is 5.92 Å². The van der Waals surface area contributed by atoms with Gasteiger partial charge in [0.1, 0.15) is 0 Å². The Morgan fingerprint density at radius 1 is 0.938 bits per heavy atom. The third kappa shape index (κ3) is 9.17. The van der Waals surface area contributed by atoms with E-state index in [-0.39, 0.29) is 0 Å². The van der Waals surface area contributed by atoms with Gasteiger partial charge in [0.05, 0.1) is 0 Å². The Hall–Kier alpha value is -0.0800. The fourth-order valence-corrected chi connectivity index (χ4v) is 1.95. The smallest absolute Gasteiger partial charge is 0.0109 e. The summed E-state index contributed by atoms with van der Waals surface area (Å²) in [6.07, 6.45) is 4.04. The molecule has 0 aliphatic rings. The van der Waals surface area contributed by atoms with Crippen molar-refractivity contribution in [2.75, 3.05) is 39.8 Å². The molecule has 0 atom stereocenters. The van der Waals surface area contributed by atoms with Crippen LogP contribution in [0.4, 0.5) is 0 Å². The van der Waals surface area contributed by atoms with Gasteiger partial charge in [0.15, 0.2) is 0 Å². The molecule has 0 aliphatic carbocycles. The topological polar surface area (TPSA) is 6.48 Å². The fraction of sp³-hybridized carbons (Fsp3) is 1.00. The zero-order chi connectivity index (χ0) is 12.4. The second kappa shape index (κ2) is 10.1. The molecular formula is C14H32N2. The Morgan fingerprint density at radius 3 is 2.12 bits per heavy atom. The first kappa shape index (κ1) is 15.9. The van der Waals surface area contributed by atoms with E-state index in [0.29, 0.717) is 0 Å². The van der Waals surface area contributed by atoms with Crippen LogP contribution < -0.4 is 0 Å². The Bertz CT molecular complexity index is 146. The molecule has 0 radical (unpaired) electrons. The molecule has 16 heavy (non-hydrogen) atoms. The predicted octanol–water partition coefficient (Wildman–Crippen LogP) is 3.09. The van der Waals surface area contributed by atoms with Crippen molar-refractivity contribution in [2.45, 2.75) is 47.0 Å². The standard InChI is InChI=1S/C14H32N2/c1-6-8-9-10-15(5)11-12-16(7-2)13-14(3)4/h14H,6-13H2,1-5H3. The largest absolute Gasteiger partial charge is 0.305 e. The predicted molar refractivity (Wildman–Crippen MR) is 74.0 cm³/mol. The first-order valence-electron chi connectivity index (χ1n) is 7.01. The molecule has 0 aliphatic heterocycles. The zero-order valence-corrected chi connectivity index (χ0v) is 12.1. The van der Waals surface area contributed by atoms with Crippen molar-refractivity contribution in [1.29, 1.82) is 0 Å². The van der Waals surface area contributed by atoms with Gasteiger partial charge in [-0.15, -0.1) is 0 Å². The van der Waals surface area contributed by atoms with Gasteiger partial charge in [-0.3, -0.25) is 0 Å². The molecule has 0 aromatic carbocycles. The molecule has 0 unspecified atom stereocenters. The summed E-state index contributed by atoms with van der Waals surface area (Å²) >= 11 is 0. The van der Waals surface area contributed by atoms with Crippen LogP contribution in [0, 0.1) is 5.92 Å². The molecule has 0 aromatic heterocycles. The highest BCUT2D eigenvalue weighted by atomic mass is 15.2. The average molecular weight is 228 g/mol. The minimum Gasteiger partial charge on any atom is -0.305 e. The average Bonchev–Trinajstić information content (AvgIpc) is 2.24. The highest BCUT2D eigenvalue weighted by molar-refractivity contribution is 4.61. The molecule has 0 saturated heterocycles. The van der Waals surface area contributed by atoms with Crippen LogP contribution in [0.3, 0.4) is 0 Å². The quantitative estimate of drug-likeness (QED) is 0.530. The second-order valence-electron chi connectivity index (χ2n) is 5.30. The third-order valence-corrected chi connectivity index (χ3v) is 3.01. The second-order valence-corrected chi connectivity index (χ2v) is 5.30. The monoisotopic (exact) mass is 228 g/mol. The highest BCUT2D eigenvalue weighted by Crippen LogP contribution is 2.00. The van der Waals surface area contributed by atoms with Crippen molar-refractivity contribution < 1.29 is 0 Å². The number of hydrogen-bond acceptors (Lipinski definition) is 2. The molecule has 0 rings (SSSR count). The number of likely N-dealkylation sites (N-methyl/N-ethyl adjacent to an activating group) is 2. The lowest BCUT2D eigenvalue weighted by atomic mass is 10.2. The van der Waals surface area contributed by atoms with E-state index in [2.05, 4.69) is 44.5 Å². The van der Waals surface area contributed by atoms with E-state index in [1.54, 1.807) is 0 Å². The van der Waals surface area contributed by atoms with Gasteiger partial charge in [0.25, 0.3) is 0 Å². The Kier molecular flexibility index (Phi) is 10.0. The van der Waals surface area contributed by atoms with Crippen LogP contribution >= 0.6 is 0 Å². The third-order valence-electron chi connectivity index (χ3n) is 3.01. The fourth-order valence-electron chi connectivity index (χ4n) is 1.95. The van der Waals surface area contributed by atoms with Gasteiger partial charge in [0.2, 0.25) is 0 Å². The van der Waals surface area contributed by atoms with Gasteiger partial charge in [-0.1, -0.05) is 40.5 Å². The summed E-state index contributed by atoms with van der Waals surface area (Å²) in [7, 11) is 2.25. The van der Waals surface area contributed by atoms with Gasteiger partial charge in [0, 0.05) is 19.6 Å². The minimum absolute atomic E-state index is 0.783. The highest BCUT2D eigenvalue weighted by Gasteiger charge is 2.06. The van der Waals surface area contributed by atoms with Crippen molar-refractivity contribution in [1.82, 2.24) is 9.80 Å².